The average Bonchev–Trinajstić information content (AvgIpc) is 3.09. The zero-order valence-corrected chi connectivity index (χ0v) is 32.0. The minimum atomic E-state index is -2.48. The summed E-state index contributed by atoms with van der Waals surface area (Å²) in [4.78, 5) is 46.3. The number of hydrogen-bond acceptors (Lipinski definition) is 6. The maximum absolute atomic E-state index is 11.9. The maximum Gasteiger partial charge on any atom is 0.287 e. The molecule has 0 aliphatic rings. The Morgan fingerprint density at radius 1 is 0.612 bits per heavy atom. The number of ketones is 2. The largest absolute Gasteiger partial charge is 0.407 e. The second-order valence-electron chi connectivity index (χ2n) is 13.6. The van der Waals surface area contributed by atoms with E-state index < -0.39 is 20.1 Å². The Balaban J connectivity index is 0.000000632. The van der Waals surface area contributed by atoms with Crippen molar-refractivity contribution < 1.29 is 28.7 Å². The van der Waals surface area contributed by atoms with Crippen molar-refractivity contribution in [3.63, 3.8) is 0 Å². The summed E-state index contributed by atoms with van der Waals surface area (Å²) in [6.45, 7) is 12.9. The van der Waals surface area contributed by atoms with Gasteiger partial charge in [-0.25, -0.2) is 0 Å². The van der Waals surface area contributed by atoms with Crippen molar-refractivity contribution in [1.29, 1.82) is 0 Å². The SMILES string of the molecule is CCCCCC(=O)C(=O)NCCCCCO.CCCCCC(=O)C(=O)NCCCCCO[Si](c1ccccc1)(c1ccccc1)C(C)(C)C. The Kier molecular flexibility index (Phi) is 23.1. The highest BCUT2D eigenvalue weighted by molar-refractivity contribution is 6.99. The summed E-state index contributed by atoms with van der Waals surface area (Å²) < 4.78 is 6.88. The van der Waals surface area contributed by atoms with Gasteiger partial charge in [-0.2, -0.15) is 0 Å². The fourth-order valence-corrected chi connectivity index (χ4v) is 10.3. The molecule has 0 radical (unpaired) electrons. The lowest BCUT2D eigenvalue weighted by Gasteiger charge is -2.43. The second kappa shape index (κ2) is 25.8. The monoisotopic (exact) mass is 696 g/mol. The molecular weight excluding hydrogens is 633 g/mol. The van der Waals surface area contributed by atoms with Crippen LogP contribution < -0.4 is 21.0 Å². The van der Waals surface area contributed by atoms with Crippen LogP contribution in [-0.4, -0.2) is 63.1 Å². The number of nitrogens with one attached hydrogen (secondary N) is 2. The smallest absolute Gasteiger partial charge is 0.287 e. The van der Waals surface area contributed by atoms with Crippen molar-refractivity contribution in [3.05, 3.63) is 60.7 Å². The molecule has 0 saturated carbocycles. The molecule has 0 aliphatic carbocycles. The molecule has 0 unspecified atom stereocenters. The lowest BCUT2D eigenvalue weighted by atomic mass is 10.1. The van der Waals surface area contributed by atoms with E-state index in [1.54, 1.807) is 0 Å². The predicted octanol–water partition coefficient (Wildman–Crippen LogP) is 6.41. The second-order valence-corrected chi connectivity index (χ2v) is 17.9. The number of aliphatic hydroxyl groups excluding tert-OH is 1. The lowest BCUT2D eigenvalue weighted by molar-refractivity contribution is -0.138. The highest BCUT2D eigenvalue weighted by Gasteiger charge is 2.49. The van der Waals surface area contributed by atoms with Gasteiger partial charge < -0.3 is 20.2 Å². The van der Waals surface area contributed by atoms with Crippen molar-refractivity contribution in [2.45, 2.75) is 130 Å². The molecule has 2 aromatic carbocycles. The van der Waals surface area contributed by atoms with Crippen LogP contribution in [0, 0.1) is 0 Å². The number of aliphatic hydroxyl groups is 1. The highest BCUT2D eigenvalue weighted by atomic mass is 28.4. The molecule has 0 fully saturated rings. The van der Waals surface area contributed by atoms with E-state index in [-0.39, 0.29) is 23.2 Å². The number of rotatable bonds is 24. The number of benzene rings is 2. The third-order valence-electron chi connectivity index (χ3n) is 8.48. The first-order chi connectivity index (χ1) is 23.5. The van der Waals surface area contributed by atoms with Gasteiger partial charge in [-0.3, -0.25) is 19.2 Å². The molecule has 0 atom stereocenters. The Bertz CT molecular complexity index is 1160. The van der Waals surface area contributed by atoms with Crippen LogP contribution in [-0.2, 0) is 23.6 Å². The fourth-order valence-electron chi connectivity index (χ4n) is 5.70. The van der Waals surface area contributed by atoms with Crippen LogP contribution in [0.3, 0.4) is 0 Å². The summed E-state index contributed by atoms with van der Waals surface area (Å²) >= 11 is 0. The van der Waals surface area contributed by atoms with E-state index in [0.717, 1.165) is 77.0 Å². The van der Waals surface area contributed by atoms with Crippen molar-refractivity contribution in [2.24, 2.45) is 0 Å². The number of hydrogen-bond donors (Lipinski definition) is 3. The van der Waals surface area contributed by atoms with Gasteiger partial charge in [0.1, 0.15) is 0 Å². The minimum Gasteiger partial charge on any atom is -0.407 e. The van der Waals surface area contributed by atoms with Crippen LogP contribution in [0.1, 0.15) is 125 Å². The van der Waals surface area contributed by atoms with E-state index in [1.807, 2.05) is 0 Å². The Morgan fingerprint density at radius 2 is 1.04 bits per heavy atom. The summed E-state index contributed by atoms with van der Waals surface area (Å²) in [5.74, 6) is -1.50. The summed E-state index contributed by atoms with van der Waals surface area (Å²) in [7, 11) is -2.48. The fraction of sp³-hybridized carbons (Fsp3) is 0.600. The molecule has 0 saturated heterocycles. The number of Topliss-reactive ketones (excluding diaryl/α,β-unsaturated/α-hetero) is 2. The average molecular weight is 697 g/mol. The van der Waals surface area contributed by atoms with Crippen LogP contribution in [0.15, 0.2) is 60.7 Å². The normalized spacial score (nSPS) is 11.3. The van der Waals surface area contributed by atoms with E-state index in [1.165, 1.54) is 10.4 Å². The minimum absolute atomic E-state index is 0.0260. The summed E-state index contributed by atoms with van der Waals surface area (Å²) in [6, 6.07) is 21.3. The molecule has 8 nitrogen and oxygen atoms in total. The molecule has 2 aromatic rings. The van der Waals surface area contributed by atoms with Gasteiger partial charge in [0.25, 0.3) is 20.1 Å². The molecular formula is C40H64N2O6Si. The molecule has 3 N–H and O–H groups in total. The van der Waals surface area contributed by atoms with Gasteiger partial charge in [0.05, 0.1) is 0 Å². The first-order valence-electron chi connectivity index (χ1n) is 18.5. The summed E-state index contributed by atoms with van der Waals surface area (Å²) in [5, 5.41) is 16.5. The number of carbonyl (C=O) groups excluding carboxylic acids is 4. The van der Waals surface area contributed by atoms with Gasteiger partial charge in [0.15, 0.2) is 0 Å². The predicted molar refractivity (Wildman–Crippen MR) is 203 cm³/mol. The van der Waals surface area contributed by atoms with Gasteiger partial charge in [0, 0.05) is 39.1 Å². The van der Waals surface area contributed by atoms with Gasteiger partial charge in [0.2, 0.25) is 11.6 Å². The van der Waals surface area contributed by atoms with Crippen molar-refractivity contribution in [3.8, 4) is 0 Å². The highest BCUT2D eigenvalue weighted by Crippen LogP contribution is 2.36. The van der Waals surface area contributed by atoms with Crippen molar-refractivity contribution >= 4 is 42.1 Å². The van der Waals surface area contributed by atoms with Crippen molar-refractivity contribution in [2.75, 3.05) is 26.3 Å². The molecule has 2 amide bonds. The molecule has 0 aliphatic heterocycles. The van der Waals surface area contributed by atoms with Crippen LogP contribution in [0.25, 0.3) is 0 Å². The molecule has 0 spiro atoms. The molecule has 274 valence electrons. The first-order valence-corrected chi connectivity index (χ1v) is 20.4. The van der Waals surface area contributed by atoms with E-state index in [4.69, 9.17) is 9.53 Å². The maximum atomic E-state index is 11.9. The van der Waals surface area contributed by atoms with Gasteiger partial charge in [-0.05, 0) is 66.8 Å². The molecule has 9 heteroatoms. The van der Waals surface area contributed by atoms with E-state index in [9.17, 15) is 19.2 Å². The third kappa shape index (κ3) is 16.9. The van der Waals surface area contributed by atoms with E-state index in [2.05, 4.69) is 106 Å². The molecule has 2 rings (SSSR count). The molecule has 0 bridgehead atoms. The van der Waals surface area contributed by atoms with E-state index >= 15 is 0 Å². The van der Waals surface area contributed by atoms with Gasteiger partial charge in [-0.1, -0.05) is 121 Å². The summed E-state index contributed by atoms with van der Waals surface area (Å²) in [6.07, 6.45) is 11.5. The van der Waals surface area contributed by atoms with Gasteiger partial charge >= 0.3 is 0 Å². The topological polar surface area (TPSA) is 122 Å². The quantitative estimate of drug-likeness (QED) is 0.0663. The summed E-state index contributed by atoms with van der Waals surface area (Å²) in [5.41, 5.74) is 0. The van der Waals surface area contributed by atoms with Crippen LogP contribution in [0.5, 0.6) is 0 Å². The number of carbonyl (C=O) groups is 4. The Morgan fingerprint density at radius 3 is 1.43 bits per heavy atom. The van der Waals surface area contributed by atoms with Crippen LogP contribution in [0.2, 0.25) is 5.04 Å². The third-order valence-corrected chi connectivity index (χ3v) is 13.5. The Labute approximate surface area is 297 Å². The van der Waals surface area contributed by atoms with Crippen LogP contribution >= 0.6 is 0 Å². The zero-order valence-electron chi connectivity index (χ0n) is 31.0. The molecule has 0 heterocycles. The number of unbranched alkanes of at least 4 members (excludes halogenated alkanes) is 8. The molecule has 0 aromatic heterocycles. The first kappa shape index (κ1) is 43.9. The number of amides is 2. The van der Waals surface area contributed by atoms with Gasteiger partial charge in [-0.15, -0.1) is 0 Å². The van der Waals surface area contributed by atoms with E-state index in [0.29, 0.717) is 32.5 Å². The standard InChI is InChI=1S/C28H41NO3Si.C12H23NO3/c1-5-6-10-21-26(30)27(31)29-22-15-9-16-23-32-33(28(2,3)4,24-17-11-7-12-18-24)25-19-13-8-14-20-25;1-2-3-5-8-11(15)12(16)13-9-6-4-7-10-14/h7-8,11-14,17-20H,5-6,9-10,15-16,21-23H2,1-4H3,(H,29,31);14H,2-10H2,1H3,(H,13,16). The van der Waals surface area contributed by atoms with Crippen LogP contribution in [0.4, 0.5) is 0 Å². The molecule has 49 heavy (non-hydrogen) atoms. The van der Waals surface area contributed by atoms with Crippen molar-refractivity contribution in [1.82, 2.24) is 10.6 Å². The zero-order chi connectivity index (χ0) is 36.4. The Hall–Kier alpha value is -3.14. The lowest BCUT2D eigenvalue weighted by Crippen LogP contribution is -2.66.